The molecule has 0 aliphatic carbocycles. The van der Waals surface area contributed by atoms with Gasteiger partial charge in [0, 0.05) is 17.8 Å². The number of aromatic amines is 1. The van der Waals surface area contributed by atoms with Crippen LogP contribution in [0.4, 0.5) is 13.2 Å². The minimum atomic E-state index is -4.85. The molecule has 0 unspecified atom stereocenters. The summed E-state index contributed by atoms with van der Waals surface area (Å²) in [5.41, 5.74) is 2.12. The molecule has 0 aliphatic rings. The summed E-state index contributed by atoms with van der Waals surface area (Å²) in [6.07, 6.45) is -4.85. The number of aromatic nitrogens is 2. The number of hydrogen-bond donors (Lipinski definition) is 2. The van der Waals surface area contributed by atoms with Gasteiger partial charge in [0.1, 0.15) is 5.75 Å². The molecule has 0 aliphatic heterocycles. The number of hydrogen-bond acceptors (Lipinski definition) is 3. The van der Waals surface area contributed by atoms with Crippen LogP contribution in [0.1, 0.15) is 27.3 Å². The molecule has 0 saturated carbocycles. The van der Waals surface area contributed by atoms with E-state index < -0.39 is 18.0 Å². The molecule has 1 aromatic carbocycles. The van der Waals surface area contributed by atoms with Crippen molar-refractivity contribution in [2.24, 2.45) is 0 Å². The van der Waals surface area contributed by atoms with Crippen molar-refractivity contribution >= 4 is 5.91 Å². The highest BCUT2D eigenvalue weighted by atomic mass is 19.4. The summed E-state index contributed by atoms with van der Waals surface area (Å²) in [4.78, 5) is 12.1. The van der Waals surface area contributed by atoms with Crippen molar-refractivity contribution in [1.82, 2.24) is 15.5 Å². The number of nitrogens with zero attached hydrogens (tertiary/aromatic N) is 1. The van der Waals surface area contributed by atoms with E-state index in [0.717, 1.165) is 23.0 Å². The average Bonchev–Trinajstić information content (AvgIpc) is 2.74. The summed E-state index contributed by atoms with van der Waals surface area (Å²) in [6.45, 7) is 3.72. The number of para-hydroxylation sites is 1. The van der Waals surface area contributed by atoms with E-state index in [2.05, 4.69) is 20.3 Å². The smallest absolute Gasteiger partial charge is 0.405 e. The summed E-state index contributed by atoms with van der Waals surface area (Å²) in [5, 5.41) is 9.31. The van der Waals surface area contributed by atoms with E-state index in [0.29, 0.717) is 0 Å². The molecule has 0 radical (unpaired) electrons. The molecule has 2 N–H and O–H groups in total. The van der Waals surface area contributed by atoms with Gasteiger partial charge in [-0.2, -0.15) is 5.10 Å². The Morgan fingerprint density at radius 1 is 1.32 bits per heavy atom. The number of amides is 1. The van der Waals surface area contributed by atoms with Crippen molar-refractivity contribution in [3.8, 4) is 5.75 Å². The van der Waals surface area contributed by atoms with Gasteiger partial charge in [-0.1, -0.05) is 12.1 Å². The number of benzene rings is 1. The predicted molar refractivity (Wildman–Crippen MR) is 72.4 cm³/mol. The Morgan fingerprint density at radius 3 is 2.59 bits per heavy atom. The maximum Gasteiger partial charge on any atom is 0.573 e. The maximum atomic E-state index is 12.3. The van der Waals surface area contributed by atoms with E-state index in [4.69, 9.17) is 0 Å². The third kappa shape index (κ3) is 3.78. The van der Waals surface area contributed by atoms with Crippen LogP contribution in [0, 0.1) is 13.8 Å². The molecule has 0 atom stereocenters. The number of alkyl halides is 3. The van der Waals surface area contributed by atoms with Crippen molar-refractivity contribution in [2.75, 3.05) is 0 Å². The van der Waals surface area contributed by atoms with Gasteiger partial charge in [0.15, 0.2) is 0 Å². The second kappa shape index (κ2) is 6.08. The number of carbonyl (C=O) groups is 1. The van der Waals surface area contributed by atoms with E-state index in [9.17, 15) is 18.0 Å². The highest BCUT2D eigenvalue weighted by Gasteiger charge is 2.32. The highest BCUT2D eigenvalue weighted by Crippen LogP contribution is 2.26. The lowest BCUT2D eigenvalue weighted by atomic mass is 10.1. The van der Waals surface area contributed by atoms with Crippen molar-refractivity contribution in [2.45, 2.75) is 26.8 Å². The summed E-state index contributed by atoms with van der Waals surface area (Å²) >= 11 is 0. The lowest BCUT2D eigenvalue weighted by Crippen LogP contribution is -2.25. The first-order valence-electron chi connectivity index (χ1n) is 6.41. The van der Waals surface area contributed by atoms with Crippen LogP contribution in [0.5, 0.6) is 5.75 Å². The number of H-pyrrole nitrogens is 1. The zero-order valence-corrected chi connectivity index (χ0v) is 11.9. The minimum absolute atomic E-state index is 0.160. The van der Waals surface area contributed by atoms with Crippen molar-refractivity contribution in [3.63, 3.8) is 0 Å². The molecule has 1 heterocycles. The molecule has 0 bridgehead atoms. The minimum Gasteiger partial charge on any atom is -0.405 e. The lowest BCUT2D eigenvalue weighted by molar-refractivity contribution is -0.274. The first kappa shape index (κ1) is 15.9. The Hall–Kier alpha value is -2.51. The Kier molecular flexibility index (Phi) is 4.39. The SMILES string of the molecule is Cc1n[nH]c(C)c1CNC(=O)c1ccccc1OC(F)(F)F. The van der Waals surface area contributed by atoms with E-state index in [1.54, 1.807) is 13.8 Å². The standard InChI is InChI=1S/C14H14F3N3O2/c1-8-11(9(2)20-19-8)7-18-13(21)10-5-3-4-6-12(10)22-14(15,16)17/h3-6H,7H2,1-2H3,(H,18,21)(H,19,20). The van der Waals surface area contributed by atoms with E-state index >= 15 is 0 Å². The Labute approximate surface area is 124 Å². The first-order valence-corrected chi connectivity index (χ1v) is 6.41. The fourth-order valence-corrected chi connectivity index (χ4v) is 1.97. The second-order valence-corrected chi connectivity index (χ2v) is 4.64. The van der Waals surface area contributed by atoms with Gasteiger partial charge >= 0.3 is 6.36 Å². The topological polar surface area (TPSA) is 67.0 Å². The molecule has 0 fully saturated rings. The summed E-state index contributed by atoms with van der Waals surface area (Å²) in [7, 11) is 0. The van der Waals surface area contributed by atoms with Gasteiger partial charge in [0.05, 0.1) is 11.3 Å². The molecule has 22 heavy (non-hydrogen) atoms. The fourth-order valence-electron chi connectivity index (χ4n) is 1.97. The molecule has 0 spiro atoms. The predicted octanol–water partition coefficient (Wildman–Crippen LogP) is 2.86. The van der Waals surface area contributed by atoms with Crippen LogP contribution in [-0.4, -0.2) is 22.5 Å². The van der Waals surface area contributed by atoms with Gasteiger partial charge in [0.2, 0.25) is 0 Å². The van der Waals surface area contributed by atoms with E-state index in [1.165, 1.54) is 18.2 Å². The van der Waals surface area contributed by atoms with Gasteiger partial charge in [-0.25, -0.2) is 0 Å². The summed E-state index contributed by atoms with van der Waals surface area (Å²) < 4.78 is 40.9. The zero-order valence-electron chi connectivity index (χ0n) is 11.9. The lowest BCUT2D eigenvalue weighted by Gasteiger charge is -2.13. The van der Waals surface area contributed by atoms with Crippen molar-refractivity contribution < 1.29 is 22.7 Å². The molecule has 2 rings (SSSR count). The molecule has 8 heteroatoms. The fraction of sp³-hybridized carbons (Fsp3) is 0.286. The quantitative estimate of drug-likeness (QED) is 0.912. The maximum absolute atomic E-state index is 12.3. The van der Waals surface area contributed by atoms with Gasteiger partial charge in [-0.05, 0) is 26.0 Å². The number of carbonyl (C=O) groups excluding carboxylic acids is 1. The largest absolute Gasteiger partial charge is 0.573 e. The van der Waals surface area contributed by atoms with Crippen LogP contribution in [0.3, 0.4) is 0 Å². The average molecular weight is 313 g/mol. The zero-order chi connectivity index (χ0) is 16.3. The van der Waals surface area contributed by atoms with E-state index in [-0.39, 0.29) is 12.1 Å². The van der Waals surface area contributed by atoms with Gasteiger partial charge in [-0.3, -0.25) is 9.89 Å². The Bertz CT molecular complexity index is 661. The number of nitrogens with one attached hydrogen (secondary N) is 2. The monoisotopic (exact) mass is 313 g/mol. The van der Waals surface area contributed by atoms with Gasteiger partial charge < -0.3 is 10.1 Å². The van der Waals surface area contributed by atoms with Crippen molar-refractivity contribution in [1.29, 1.82) is 0 Å². The van der Waals surface area contributed by atoms with Crippen LogP contribution in [0.25, 0.3) is 0 Å². The van der Waals surface area contributed by atoms with Crippen LogP contribution < -0.4 is 10.1 Å². The second-order valence-electron chi connectivity index (χ2n) is 4.64. The molecule has 118 valence electrons. The van der Waals surface area contributed by atoms with Gasteiger partial charge in [0.25, 0.3) is 5.91 Å². The van der Waals surface area contributed by atoms with Crippen molar-refractivity contribution in [3.05, 3.63) is 46.8 Å². The number of aryl methyl sites for hydroxylation is 2. The number of ether oxygens (including phenoxy) is 1. The number of halogens is 3. The number of rotatable bonds is 4. The molecular formula is C14H14F3N3O2. The third-order valence-electron chi connectivity index (χ3n) is 3.06. The summed E-state index contributed by atoms with van der Waals surface area (Å²) in [6, 6.07) is 5.19. The Balaban J connectivity index is 2.13. The van der Waals surface area contributed by atoms with Crippen LogP contribution in [-0.2, 0) is 6.54 Å². The van der Waals surface area contributed by atoms with Crippen LogP contribution in [0.15, 0.2) is 24.3 Å². The summed E-state index contributed by atoms with van der Waals surface area (Å²) in [5.74, 6) is -1.19. The molecule has 1 aromatic heterocycles. The third-order valence-corrected chi connectivity index (χ3v) is 3.06. The van der Waals surface area contributed by atoms with Crippen LogP contribution >= 0.6 is 0 Å². The van der Waals surface area contributed by atoms with Gasteiger partial charge in [-0.15, -0.1) is 13.2 Å². The molecule has 0 saturated heterocycles. The van der Waals surface area contributed by atoms with E-state index in [1.807, 2.05) is 0 Å². The molecule has 2 aromatic rings. The molecule has 1 amide bonds. The highest BCUT2D eigenvalue weighted by molar-refractivity contribution is 5.96. The normalized spacial score (nSPS) is 11.3. The molecule has 5 nitrogen and oxygen atoms in total. The molecular weight excluding hydrogens is 299 g/mol. The van der Waals surface area contributed by atoms with Crippen LogP contribution in [0.2, 0.25) is 0 Å². The first-order chi connectivity index (χ1) is 10.3. The Morgan fingerprint density at radius 2 is 2.00 bits per heavy atom.